The minimum atomic E-state index is -4.09. The van der Waals surface area contributed by atoms with Crippen LogP contribution in [-0.2, 0) is 26.2 Å². The summed E-state index contributed by atoms with van der Waals surface area (Å²) in [7, 11) is -4.09. The molecule has 0 bridgehead atoms. The molecule has 0 spiro atoms. The van der Waals surface area contributed by atoms with E-state index < -0.39 is 28.5 Å². The van der Waals surface area contributed by atoms with E-state index in [1.165, 1.54) is 17.0 Å². The SMILES string of the molecule is CCCCNC(=O)[C@H](C)N(Cc1cccc(Br)c1)C(=O)CN(c1ccc(Br)cc1)S(=O)(=O)c1ccc(C)cc1. The maximum atomic E-state index is 13.9. The third kappa shape index (κ3) is 8.40. The smallest absolute Gasteiger partial charge is 0.264 e. The van der Waals surface area contributed by atoms with Gasteiger partial charge in [-0.15, -0.1) is 0 Å². The highest BCUT2D eigenvalue weighted by Crippen LogP contribution is 2.26. The maximum absolute atomic E-state index is 13.9. The highest BCUT2D eigenvalue weighted by molar-refractivity contribution is 9.10. The fourth-order valence-corrected chi connectivity index (χ4v) is 6.05. The lowest BCUT2D eigenvalue weighted by Crippen LogP contribution is -2.51. The van der Waals surface area contributed by atoms with Crippen molar-refractivity contribution in [2.24, 2.45) is 0 Å². The Morgan fingerprint density at radius 3 is 2.23 bits per heavy atom. The predicted octanol–water partition coefficient (Wildman–Crippen LogP) is 6.05. The Hall–Kier alpha value is -2.69. The van der Waals surface area contributed by atoms with Crippen LogP contribution in [0.2, 0.25) is 0 Å². The monoisotopic (exact) mass is 677 g/mol. The molecule has 0 heterocycles. The second-order valence-electron chi connectivity index (χ2n) is 9.27. The van der Waals surface area contributed by atoms with Gasteiger partial charge in [0.1, 0.15) is 12.6 Å². The fraction of sp³-hybridized carbons (Fsp3) is 0.310. The number of rotatable bonds is 12. The Morgan fingerprint density at radius 2 is 1.62 bits per heavy atom. The third-order valence-corrected chi connectivity index (χ3v) is 9.05. The number of carbonyl (C=O) groups excluding carboxylic acids is 2. The lowest BCUT2D eigenvalue weighted by molar-refractivity contribution is -0.139. The molecular weight excluding hydrogens is 646 g/mol. The number of hydrogen-bond acceptors (Lipinski definition) is 4. The van der Waals surface area contributed by atoms with Crippen molar-refractivity contribution >= 4 is 59.4 Å². The van der Waals surface area contributed by atoms with Crippen molar-refractivity contribution in [1.29, 1.82) is 0 Å². The highest BCUT2D eigenvalue weighted by atomic mass is 79.9. The molecule has 0 aliphatic heterocycles. The molecule has 10 heteroatoms. The van der Waals surface area contributed by atoms with Gasteiger partial charge in [-0.2, -0.15) is 0 Å². The van der Waals surface area contributed by atoms with E-state index in [1.54, 1.807) is 43.3 Å². The maximum Gasteiger partial charge on any atom is 0.264 e. The molecule has 1 atom stereocenters. The zero-order valence-electron chi connectivity index (χ0n) is 22.2. The van der Waals surface area contributed by atoms with Crippen LogP contribution in [0.5, 0.6) is 0 Å². The largest absolute Gasteiger partial charge is 0.354 e. The number of unbranched alkanes of at least 4 members (excludes halogenated alkanes) is 1. The van der Waals surface area contributed by atoms with Crippen LogP contribution < -0.4 is 9.62 Å². The topological polar surface area (TPSA) is 86.8 Å². The summed E-state index contributed by atoms with van der Waals surface area (Å²) in [6.07, 6.45) is 1.75. The van der Waals surface area contributed by atoms with Crippen molar-refractivity contribution in [1.82, 2.24) is 10.2 Å². The molecule has 3 aromatic carbocycles. The molecule has 0 saturated heterocycles. The van der Waals surface area contributed by atoms with Crippen LogP contribution in [0, 0.1) is 6.92 Å². The number of aryl methyl sites for hydroxylation is 1. The summed E-state index contributed by atoms with van der Waals surface area (Å²) in [6.45, 7) is 5.74. The lowest BCUT2D eigenvalue weighted by atomic mass is 10.1. The molecule has 0 saturated carbocycles. The molecule has 3 aromatic rings. The van der Waals surface area contributed by atoms with Gasteiger partial charge in [-0.3, -0.25) is 13.9 Å². The normalized spacial score (nSPS) is 12.0. The van der Waals surface area contributed by atoms with Gasteiger partial charge < -0.3 is 10.2 Å². The average molecular weight is 679 g/mol. The zero-order valence-corrected chi connectivity index (χ0v) is 26.2. The van der Waals surface area contributed by atoms with Crippen LogP contribution in [-0.4, -0.2) is 44.3 Å². The van der Waals surface area contributed by atoms with E-state index in [1.807, 2.05) is 38.1 Å². The van der Waals surface area contributed by atoms with E-state index in [9.17, 15) is 18.0 Å². The van der Waals surface area contributed by atoms with E-state index in [2.05, 4.69) is 37.2 Å². The Balaban J connectivity index is 1.99. The van der Waals surface area contributed by atoms with Crippen LogP contribution in [0.1, 0.15) is 37.8 Å². The molecule has 0 radical (unpaired) electrons. The number of benzene rings is 3. The minimum absolute atomic E-state index is 0.0766. The van der Waals surface area contributed by atoms with Crippen molar-refractivity contribution in [3.63, 3.8) is 0 Å². The third-order valence-electron chi connectivity index (χ3n) is 6.24. The first-order valence-electron chi connectivity index (χ1n) is 12.7. The summed E-state index contributed by atoms with van der Waals surface area (Å²) in [5.74, 6) is -0.782. The molecule has 208 valence electrons. The predicted molar refractivity (Wildman–Crippen MR) is 162 cm³/mol. The van der Waals surface area contributed by atoms with Gasteiger partial charge in [-0.1, -0.05) is 75.0 Å². The number of amides is 2. The van der Waals surface area contributed by atoms with Crippen LogP contribution in [0.4, 0.5) is 5.69 Å². The Labute approximate surface area is 247 Å². The Morgan fingerprint density at radius 1 is 0.949 bits per heavy atom. The molecule has 0 unspecified atom stereocenters. The number of carbonyl (C=O) groups is 2. The second-order valence-corrected chi connectivity index (χ2v) is 13.0. The van der Waals surface area contributed by atoms with Crippen LogP contribution >= 0.6 is 31.9 Å². The van der Waals surface area contributed by atoms with Gasteiger partial charge in [0.05, 0.1) is 10.6 Å². The fourth-order valence-electron chi connectivity index (χ4n) is 3.92. The van der Waals surface area contributed by atoms with E-state index in [0.29, 0.717) is 12.2 Å². The van der Waals surface area contributed by atoms with Gasteiger partial charge in [0.15, 0.2) is 0 Å². The number of nitrogens with one attached hydrogen (secondary N) is 1. The summed E-state index contributed by atoms with van der Waals surface area (Å²) in [4.78, 5) is 28.4. The van der Waals surface area contributed by atoms with Gasteiger partial charge in [0.2, 0.25) is 11.8 Å². The summed E-state index contributed by atoms with van der Waals surface area (Å²) in [5, 5.41) is 2.89. The van der Waals surface area contributed by atoms with Gasteiger partial charge >= 0.3 is 0 Å². The zero-order chi connectivity index (χ0) is 28.6. The van der Waals surface area contributed by atoms with Crippen molar-refractivity contribution in [2.45, 2.75) is 51.1 Å². The Kier molecular flexibility index (Phi) is 11.1. The van der Waals surface area contributed by atoms with E-state index in [-0.39, 0.29) is 17.3 Å². The van der Waals surface area contributed by atoms with Crippen molar-refractivity contribution < 1.29 is 18.0 Å². The number of sulfonamides is 1. The van der Waals surface area contributed by atoms with Crippen molar-refractivity contribution in [3.05, 3.63) is 92.9 Å². The molecule has 3 rings (SSSR count). The summed E-state index contributed by atoms with van der Waals surface area (Å²) >= 11 is 6.84. The van der Waals surface area contributed by atoms with E-state index >= 15 is 0 Å². The lowest BCUT2D eigenvalue weighted by Gasteiger charge is -2.32. The average Bonchev–Trinajstić information content (AvgIpc) is 2.90. The highest BCUT2D eigenvalue weighted by Gasteiger charge is 2.32. The number of halogens is 2. The van der Waals surface area contributed by atoms with Crippen LogP contribution in [0.25, 0.3) is 0 Å². The van der Waals surface area contributed by atoms with Crippen LogP contribution in [0.15, 0.2) is 86.6 Å². The number of nitrogens with zero attached hydrogens (tertiary/aromatic N) is 2. The first kappa shape index (κ1) is 30.8. The molecule has 2 amide bonds. The molecular formula is C29H33Br2N3O4S. The van der Waals surface area contributed by atoms with Gasteiger partial charge in [-0.25, -0.2) is 8.42 Å². The first-order valence-corrected chi connectivity index (χ1v) is 15.7. The van der Waals surface area contributed by atoms with E-state index in [0.717, 1.165) is 37.2 Å². The minimum Gasteiger partial charge on any atom is -0.354 e. The van der Waals surface area contributed by atoms with Gasteiger partial charge in [0.25, 0.3) is 10.0 Å². The van der Waals surface area contributed by atoms with E-state index in [4.69, 9.17) is 0 Å². The molecule has 0 fully saturated rings. The number of anilines is 1. The Bertz CT molecular complexity index is 1380. The molecule has 7 nitrogen and oxygen atoms in total. The molecule has 39 heavy (non-hydrogen) atoms. The van der Waals surface area contributed by atoms with Gasteiger partial charge in [-0.05, 0) is 74.4 Å². The second kappa shape index (κ2) is 14.1. The molecule has 0 aliphatic carbocycles. The quantitative estimate of drug-likeness (QED) is 0.237. The molecule has 0 aromatic heterocycles. The first-order chi connectivity index (χ1) is 18.5. The molecule has 1 N–H and O–H groups in total. The van der Waals surface area contributed by atoms with Crippen molar-refractivity contribution in [3.8, 4) is 0 Å². The number of hydrogen-bond donors (Lipinski definition) is 1. The standard InChI is InChI=1S/C29H33Br2N3O4S/c1-4-5-17-32-29(36)22(3)33(19-23-7-6-8-25(31)18-23)28(35)20-34(26-13-11-24(30)12-14-26)39(37,38)27-15-9-21(2)10-16-27/h6-16,18,22H,4-5,17,19-20H2,1-3H3,(H,32,36)/t22-/m0/s1. The van der Waals surface area contributed by atoms with Crippen LogP contribution in [0.3, 0.4) is 0 Å². The van der Waals surface area contributed by atoms with Gasteiger partial charge in [0, 0.05) is 22.0 Å². The summed E-state index contributed by atoms with van der Waals surface area (Å²) < 4.78 is 30.4. The summed E-state index contributed by atoms with van der Waals surface area (Å²) in [6, 6.07) is 19.9. The van der Waals surface area contributed by atoms with Crippen molar-refractivity contribution in [2.75, 3.05) is 17.4 Å². The molecule has 0 aliphatic rings. The summed E-state index contributed by atoms with van der Waals surface area (Å²) in [5.41, 5.74) is 2.07.